The number of hydrogen-bond acceptors (Lipinski definition) is 2. The van der Waals surface area contributed by atoms with Gasteiger partial charge >= 0.3 is 0 Å². The summed E-state index contributed by atoms with van der Waals surface area (Å²) >= 11 is 0. The molecule has 4 heteroatoms. The molecule has 1 amide bonds. The van der Waals surface area contributed by atoms with Crippen LogP contribution < -0.4 is 5.32 Å². The number of nitrogens with one attached hydrogen (secondary N) is 1. The summed E-state index contributed by atoms with van der Waals surface area (Å²) in [6, 6.07) is 11.0. The second kappa shape index (κ2) is 5.49. The summed E-state index contributed by atoms with van der Waals surface area (Å²) in [6.07, 6.45) is 0.604. The van der Waals surface area contributed by atoms with Crippen molar-refractivity contribution in [3.63, 3.8) is 0 Å². The highest BCUT2D eigenvalue weighted by Gasteiger charge is 2.03. The Balaban J connectivity index is 2.17. The minimum Gasteiger partial charge on any atom is -0.508 e. The first-order chi connectivity index (χ1) is 8.70. The number of alkyl halides is 1. The molecule has 0 unspecified atom stereocenters. The van der Waals surface area contributed by atoms with E-state index in [0.717, 1.165) is 16.3 Å². The number of carbonyl (C=O) groups excluding carboxylic acids is 1. The Hall–Kier alpha value is -2.10. The summed E-state index contributed by atoms with van der Waals surface area (Å²) in [6.45, 7) is -0.603. The minimum absolute atomic E-state index is 0.211. The lowest BCUT2D eigenvalue weighted by Gasteiger charge is -2.07. The highest BCUT2D eigenvalue weighted by Crippen LogP contribution is 2.23. The van der Waals surface area contributed by atoms with E-state index in [4.69, 9.17) is 0 Å². The molecule has 2 N–H and O–H groups in total. The number of fused-ring (bicyclic) bond motifs is 1. The quantitative estimate of drug-likeness (QED) is 0.870. The van der Waals surface area contributed by atoms with Gasteiger partial charge in [-0.05, 0) is 34.9 Å². The van der Waals surface area contributed by atoms with Gasteiger partial charge in [-0.1, -0.05) is 24.3 Å². The predicted molar refractivity (Wildman–Crippen MR) is 68.3 cm³/mol. The molecule has 0 heterocycles. The maximum atomic E-state index is 12.0. The van der Waals surface area contributed by atoms with Crippen molar-refractivity contribution >= 4 is 16.7 Å². The van der Waals surface area contributed by atoms with E-state index in [0.29, 0.717) is 13.0 Å². The molecule has 2 aromatic rings. The molecule has 0 saturated heterocycles. The van der Waals surface area contributed by atoms with Crippen molar-refractivity contribution < 1.29 is 14.3 Å². The summed E-state index contributed by atoms with van der Waals surface area (Å²) < 4.78 is 12.0. The first-order valence-electron chi connectivity index (χ1n) is 5.74. The molecular weight excluding hydrogens is 233 g/mol. The lowest BCUT2D eigenvalue weighted by molar-refractivity contribution is -0.121. The van der Waals surface area contributed by atoms with E-state index >= 15 is 0 Å². The third-order valence-electron chi connectivity index (χ3n) is 2.79. The van der Waals surface area contributed by atoms with Gasteiger partial charge in [0.2, 0.25) is 0 Å². The van der Waals surface area contributed by atoms with Crippen LogP contribution in [0.4, 0.5) is 4.39 Å². The normalized spacial score (nSPS) is 10.5. The monoisotopic (exact) mass is 247 g/mol. The zero-order valence-corrected chi connectivity index (χ0v) is 9.82. The molecule has 0 bridgehead atoms. The fraction of sp³-hybridized carbons (Fsp3) is 0.214. The van der Waals surface area contributed by atoms with Gasteiger partial charge in [-0.15, -0.1) is 0 Å². The highest BCUT2D eigenvalue weighted by atomic mass is 19.1. The van der Waals surface area contributed by atoms with E-state index in [-0.39, 0.29) is 5.75 Å². The summed E-state index contributed by atoms with van der Waals surface area (Å²) in [7, 11) is 0. The van der Waals surface area contributed by atoms with Crippen LogP contribution in [-0.4, -0.2) is 24.2 Å². The Morgan fingerprint density at radius 3 is 2.89 bits per heavy atom. The number of amides is 1. The zero-order valence-electron chi connectivity index (χ0n) is 9.82. The molecule has 0 aromatic heterocycles. The van der Waals surface area contributed by atoms with Gasteiger partial charge in [0.1, 0.15) is 5.75 Å². The number of hydrogen-bond donors (Lipinski definition) is 2. The second-order valence-corrected chi connectivity index (χ2v) is 4.06. The van der Waals surface area contributed by atoms with Crippen LogP contribution in [0.3, 0.4) is 0 Å². The molecular formula is C14H14FNO2. The SMILES string of the molecule is O=C(CF)NCCc1cccc2ccc(O)cc12. The van der Waals surface area contributed by atoms with Gasteiger partial charge in [-0.25, -0.2) is 4.39 Å². The Labute approximate surface area is 104 Å². The Kier molecular flexibility index (Phi) is 3.77. The highest BCUT2D eigenvalue weighted by molar-refractivity contribution is 5.87. The van der Waals surface area contributed by atoms with E-state index in [9.17, 15) is 14.3 Å². The lowest BCUT2D eigenvalue weighted by Crippen LogP contribution is -2.26. The second-order valence-electron chi connectivity index (χ2n) is 4.06. The van der Waals surface area contributed by atoms with Crippen molar-refractivity contribution in [2.75, 3.05) is 13.2 Å². The number of phenolic OH excluding ortho intramolecular Hbond substituents is 1. The van der Waals surface area contributed by atoms with Crippen molar-refractivity contribution in [3.05, 3.63) is 42.0 Å². The van der Waals surface area contributed by atoms with Crippen molar-refractivity contribution in [2.45, 2.75) is 6.42 Å². The summed E-state index contributed by atoms with van der Waals surface area (Å²) in [4.78, 5) is 10.8. The van der Waals surface area contributed by atoms with Crippen LogP contribution in [0.1, 0.15) is 5.56 Å². The van der Waals surface area contributed by atoms with Crippen molar-refractivity contribution in [2.24, 2.45) is 0 Å². The molecule has 94 valence electrons. The number of aromatic hydroxyl groups is 1. The molecule has 0 fully saturated rings. The molecule has 0 radical (unpaired) electrons. The first-order valence-corrected chi connectivity index (χ1v) is 5.74. The zero-order chi connectivity index (χ0) is 13.0. The van der Waals surface area contributed by atoms with Gasteiger partial charge in [0.05, 0.1) is 0 Å². The molecule has 0 saturated carbocycles. The van der Waals surface area contributed by atoms with Gasteiger partial charge < -0.3 is 10.4 Å². The van der Waals surface area contributed by atoms with Crippen molar-refractivity contribution in [1.29, 1.82) is 0 Å². The number of rotatable bonds is 4. The van der Waals surface area contributed by atoms with E-state index < -0.39 is 12.6 Å². The van der Waals surface area contributed by atoms with Gasteiger partial charge in [-0.2, -0.15) is 0 Å². The molecule has 0 aliphatic carbocycles. The topological polar surface area (TPSA) is 49.3 Å². The molecule has 0 aliphatic rings. The maximum absolute atomic E-state index is 12.0. The van der Waals surface area contributed by atoms with Crippen LogP contribution >= 0.6 is 0 Å². The molecule has 0 spiro atoms. The number of carbonyl (C=O) groups is 1. The van der Waals surface area contributed by atoms with E-state index in [1.165, 1.54) is 0 Å². The molecule has 18 heavy (non-hydrogen) atoms. The van der Waals surface area contributed by atoms with Gasteiger partial charge in [0.25, 0.3) is 5.91 Å². The number of phenols is 1. The Morgan fingerprint density at radius 1 is 1.28 bits per heavy atom. The van der Waals surface area contributed by atoms with E-state index in [1.54, 1.807) is 12.1 Å². The number of benzene rings is 2. The van der Waals surface area contributed by atoms with Gasteiger partial charge in [0, 0.05) is 6.54 Å². The van der Waals surface area contributed by atoms with E-state index in [2.05, 4.69) is 5.32 Å². The van der Waals surface area contributed by atoms with Crippen LogP contribution in [0.15, 0.2) is 36.4 Å². The molecule has 2 aromatic carbocycles. The Morgan fingerprint density at radius 2 is 2.11 bits per heavy atom. The number of halogens is 1. The largest absolute Gasteiger partial charge is 0.508 e. The van der Waals surface area contributed by atoms with Crippen LogP contribution in [-0.2, 0) is 11.2 Å². The summed E-state index contributed by atoms with van der Waals surface area (Å²) in [5.74, 6) is -0.388. The van der Waals surface area contributed by atoms with Crippen LogP contribution in [0.5, 0.6) is 5.75 Å². The Bertz CT molecular complexity index is 569. The van der Waals surface area contributed by atoms with Crippen molar-refractivity contribution in [3.8, 4) is 5.75 Å². The summed E-state index contributed by atoms with van der Waals surface area (Å²) in [5.41, 5.74) is 1.02. The van der Waals surface area contributed by atoms with Crippen LogP contribution in [0.25, 0.3) is 10.8 Å². The lowest BCUT2D eigenvalue weighted by atomic mass is 10.0. The third-order valence-corrected chi connectivity index (χ3v) is 2.79. The third kappa shape index (κ3) is 2.77. The molecule has 0 atom stereocenters. The van der Waals surface area contributed by atoms with Crippen molar-refractivity contribution in [1.82, 2.24) is 5.32 Å². The van der Waals surface area contributed by atoms with Crippen LogP contribution in [0, 0.1) is 0 Å². The smallest absolute Gasteiger partial charge is 0.251 e. The summed E-state index contributed by atoms with van der Waals surface area (Å²) in [5, 5.41) is 14.0. The van der Waals surface area contributed by atoms with Gasteiger partial charge in [0.15, 0.2) is 6.67 Å². The fourth-order valence-electron chi connectivity index (χ4n) is 1.93. The first kappa shape index (κ1) is 12.4. The average molecular weight is 247 g/mol. The maximum Gasteiger partial charge on any atom is 0.251 e. The van der Waals surface area contributed by atoms with Gasteiger partial charge in [-0.3, -0.25) is 4.79 Å². The molecule has 2 rings (SSSR count). The molecule has 0 aliphatic heterocycles. The standard InChI is InChI=1S/C14H14FNO2/c15-9-14(18)16-7-6-11-3-1-2-10-4-5-12(17)8-13(10)11/h1-5,8,17H,6-7,9H2,(H,16,18). The molecule has 3 nitrogen and oxygen atoms in total. The van der Waals surface area contributed by atoms with E-state index in [1.807, 2.05) is 24.3 Å². The predicted octanol–water partition coefficient (Wildman–Crippen LogP) is 2.17. The fourth-order valence-corrected chi connectivity index (χ4v) is 1.93. The minimum atomic E-state index is -0.990. The van der Waals surface area contributed by atoms with Crippen LogP contribution in [0.2, 0.25) is 0 Å². The average Bonchev–Trinajstić information content (AvgIpc) is 2.39.